The van der Waals surface area contributed by atoms with E-state index < -0.39 is 0 Å². The molecule has 0 amide bonds. The lowest BCUT2D eigenvalue weighted by Crippen LogP contribution is -1.70. The Hall–Kier alpha value is 0.160. The lowest BCUT2D eigenvalue weighted by molar-refractivity contribution is 0.824. The normalized spacial score (nSPS) is 10.1. The monoisotopic (exact) mass is 766 g/mol. The summed E-state index contributed by atoms with van der Waals surface area (Å²) >= 11 is 13.7. The maximum absolute atomic E-state index is 3.43. The summed E-state index contributed by atoms with van der Waals surface area (Å²) in [6.45, 7) is 0. The zero-order valence-corrected chi connectivity index (χ0v) is 26.5. The van der Waals surface area contributed by atoms with E-state index in [1.54, 1.807) is 43.2 Å². The average molecular weight is 770 g/mol. The molecule has 0 saturated heterocycles. The van der Waals surface area contributed by atoms with Crippen molar-refractivity contribution >= 4 is 107 Å². The Balaban J connectivity index is 0.000000227. The van der Waals surface area contributed by atoms with Crippen LogP contribution >= 0.6 is 107 Å². The van der Waals surface area contributed by atoms with E-state index in [0.29, 0.717) is 0 Å². The van der Waals surface area contributed by atoms with Crippen molar-refractivity contribution in [1.29, 1.82) is 0 Å². The Bertz CT molecular complexity index is 909. The highest BCUT2D eigenvalue weighted by Crippen LogP contribution is 2.38. The fourth-order valence-corrected chi connectivity index (χ4v) is 7.07. The number of hydrogen-bond donors (Lipinski definition) is 0. The molecule has 1 nitrogen and oxygen atoms in total. The van der Waals surface area contributed by atoms with Gasteiger partial charge >= 0.3 is 0 Å². The van der Waals surface area contributed by atoms with Gasteiger partial charge in [0, 0.05) is 37.5 Å². The Kier molecular flexibility index (Phi) is 14.3. The van der Waals surface area contributed by atoms with Crippen molar-refractivity contribution < 1.29 is 5.48 Å². The second-order valence-corrected chi connectivity index (χ2v) is 14.4. The molecule has 0 bridgehead atoms. The Morgan fingerprint density at radius 1 is 0.303 bits per heavy atom. The molecule has 4 rings (SSSR count). The quantitative estimate of drug-likeness (QED) is 0.183. The Morgan fingerprint density at radius 2 is 0.455 bits per heavy atom. The van der Waals surface area contributed by atoms with Gasteiger partial charge in [-0.25, -0.2) is 0 Å². The molecule has 0 spiro atoms. The summed E-state index contributed by atoms with van der Waals surface area (Å²) in [4.78, 5) is 5.04. The standard InChI is InChI=1S/2C12H8Br2S2.H2O/c2*13-9-1-5-11(6-2-9)15-16-12-7-3-10(14)4-8-12;/h2*1-8H;1H2. The van der Waals surface area contributed by atoms with Crippen LogP contribution in [0.4, 0.5) is 0 Å². The summed E-state index contributed by atoms with van der Waals surface area (Å²) in [5.74, 6) is 0. The molecule has 9 heteroatoms. The molecular weight excluding hydrogens is 752 g/mol. The van der Waals surface area contributed by atoms with E-state index in [4.69, 9.17) is 0 Å². The number of rotatable bonds is 6. The molecule has 0 aliphatic rings. The van der Waals surface area contributed by atoms with Gasteiger partial charge in [-0.15, -0.1) is 0 Å². The first-order chi connectivity index (χ1) is 15.5. The molecule has 4 aromatic carbocycles. The van der Waals surface area contributed by atoms with Crippen molar-refractivity contribution in [3.63, 3.8) is 0 Å². The maximum atomic E-state index is 3.43. The highest BCUT2D eigenvalue weighted by Gasteiger charge is 1.99. The first-order valence-corrected chi connectivity index (χ1v) is 16.7. The lowest BCUT2D eigenvalue weighted by atomic mass is 10.4. The van der Waals surface area contributed by atoms with E-state index in [9.17, 15) is 0 Å². The molecule has 0 unspecified atom stereocenters. The smallest absolute Gasteiger partial charge is 0.0187 e. The van der Waals surface area contributed by atoms with E-state index in [1.165, 1.54) is 19.6 Å². The van der Waals surface area contributed by atoms with Gasteiger partial charge in [0.2, 0.25) is 0 Å². The van der Waals surface area contributed by atoms with Crippen LogP contribution in [0.2, 0.25) is 0 Å². The molecule has 0 heterocycles. The molecule has 2 N–H and O–H groups in total. The molecular formula is C24H18Br4OS4. The van der Waals surface area contributed by atoms with E-state index in [1.807, 2.05) is 0 Å². The molecule has 0 aliphatic heterocycles. The minimum Gasteiger partial charge on any atom is -0.412 e. The summed E-state index contributed by atoms with van der Waals surface area (Å²) < 4.78 is 4.46. The van der Waals surface area contributed by atoms with Gasteiger partial charge in [-0.05, 0) is 97.1 Å². The lowest BCUT2D eigenvalue weighted by Gasteiger charge is -2.01. The van der Waals surface area contributed by atoms with Crippen LogP contribution in [-0.2, 0) is 0 Å². The van der Waals surface area contributed by atoms with Crippen molar-refractivity contribution in [2.24, 2.45) is 0 Å². The third-order valence-electron chi connectivity index (χ3n) is 3.72. The van der Waals surface area contributed by atoms with Crippen molar-refractivity contribution in [1.82, 2.24) is 0 Å². The van der Waals surface area contributed by atoms with Gasteiger partial charge < -0.3 is 5.48 Å². The second kappa shape index (κ2) is 16.0. The van der Waals surface area contributed by atoms with E-state index in [2.05, 4.69) is 161 Å². The molecule has 33 heavy (non-hydrogen) atoms. The molecule has 0 aromatic heterocycles. The molecule has 0 fully saturated rings. The Morgan fingerprint density at radius 3 is 0.606 bits per heavy atom. The van der Waals surface area contributed by atoms with Gasteiger partial charge in [-0.1, -0.05) is 107 Å². The van der Waals surface area contributed by atoms with Crippen LogP contribution in [0.1, 0.15) is 0 Å². The fraction of sp³-hybridized carbons (Fsp3) is 0. The van der Waals surface area contributed by atoms with Crippen LogP contribution in [0.3, 0.4) is 0 Å². The van der Waals surface area contributed by atoms with Crippen LogP contribution in [0, 0.1) is 0 Å². The van der Waals surface area contributed by atoms with Crippen LogP contribution in [0.15, 0.2) is 135 Å². The fourth-order valence-electron chi connectivity index (χ4n) is 2.15. The zero-order valence-electron chi connectivity index (χ0n) is 16.9. The predicted molar refractivity (Wildman–Crippen MR) is 164 cm³/mol. The first-order valence-electron chi connectivity index (χ1n) is 9.19. The minimum absolute atomic E-state index is 0. The topological polar surface area (TPSA) is 31.5 Å². The SMILES string of the molecule is Brc1ccc(SSc2ccc(Br)cc2)cc1.Brc1ccc(SSc2ccc(Br)cc2)cc1.O. The number of benzene rings is 4. The third-order valence-corrected chi connectivity index (χ3v) is 10.7. The predicted octanol–water partition coefficient (Wildman–Crippen LogP) is 11.2. The summed E-state index contributed by atoms with van der Waals surface area (Å²) in [5.41, 5.74) is 0. The van der Waals surface area contributed by atoms with Gasteiger partial charge in [0.05, 0.1) is 0 Å². The second-order valence-electron chi connectivity index (χ2n) is 6.15. The zero-order chi connectivity index (χ0) is 22.8. The highest BCUT2D eigenvalue weighted by molar-refractivity contribution is 9.11. The van der Waals surface area contributed by atoms with Crippen molar-refractivity contribution in [2.75, 3.05) is 0 Å². The maximum Gasteiger partial charge on any atom is 0.0187 e. The summed E-state index contributed by atoms with van der Waals surface area (Å²) in [6, 6.07) is 33.4. The van der Waals surface area contributed by atoms with Gasteiger partial charge in [0.1, 0.15) is 0 Å². The molecule has 0 aliphatic carbocycles. The van der Waals surface area contributed by atoms with E-state index in [0.717, 1.165) is 17.9 Å². The van der Waals surface area contributed by atoms with Gasteiger partial charge in [-0.2, -0.15) is 0 Å². The van der Waals surface area contributed by atoms with Gasteiger partial charge in [0.15, 0.2) is 0 Å². The first kappa shape index (κ1) is 29.4. The molecule has 4 aromatic rings. The summed E-state index contributed by atoms with van der Waals surface area (Å²) in [6.07, 6.45) is 0. The van der Waals surface area contributed by atoms with Crippen LogP contribution in [-0.4, -0.2) is 5.48 Å². The van der Waals surface area contributed by atoms with Gasteiger partial charge in [-0.3, -0.25) is 0 Å². The van der Waals surface area contributed by atoms with Crippen LogP contribution in [0.5, 0.6) is 0 Å². The van der Waals surface area contributed by atoms with Crippen molar-refractivity contribution in [3.8, 4) is 0 Å². The largest absolute Gasteiger partial charge is 0.412 e. The van der Waals surface area contributed by atoms with E-state index >= 15 is 0 Å². The molecule has 0 saturated carbocycles. The Labute approximate surface area is 244 Å². The third kappa shape index (κ3) is 11.6. The van der Waals surface area contributed by atoms with Crippen LogP contribution < -0.4 is 0 Å². The molecule has 172 valence electrons. The number of halogens is 4. The van der Waals surface area contributed by atoms with Gasteiger partial charge in [0.25, 0.3) is 0 Å². The van der Waals surface area contributed by atoms with Crippen molar-refractivity contribution in [3.05, 3.63) is 115 Å². The molecule has 0 atom stereocenters. The van der Waals surface area contributed by atoms with Crippen LogP contribution in [0.25, 0.3) is 0 Å². The van der Waals surface area contributed by atoms with E-state index in [-0.39, 0.29) is 5.48 Å². The highest BCUT2D eigenvalue weighted by atomic mass is 79.9. The minimum atomic E-state index is 0. The van der Waals surface area contributed by atoms with Crippen molar-refractivity contribution in [2.45, 2.75) is 19.6 Å². The average Bonchev–Trinajstić information content (AvgIpc) is 2.81. The number of hydrogen-bond acceptors (Lipinski definition) is 4. The summed E-state index contributed by atoms with van der Waals surface area (Å²) in [7, 11) is 7.07. The summed E-state index contributed by atoms with van der Waals surface area (Å²) in [5, 5.41) is 0. The molecule has 0 radical (unpaired) electrons.